The molecule has 0 spiro atoms. The average Bonchev–Trinajstić information content (AvgIpc) is 3.40. The Kier molecular flexibility index (Phi) is 62.1. The van der Waals surface area contributed by atoms with Gasteiger partial charge in [-0.2, -0.15) is 0 Å². The van der Waals surface area contributed by atoms with E-state index in [1.807, 2.05) is 0 Å². The minimum absolute atomic E-state index is 0.0675. The molecule has 0 aliphatic rings. The van der Waals surface area contributed by atoms with Crippen molar-refractivity contribution < 1.29 is 28.6 Å². The molecule has 1 atom stereocenters. The van der Waals surface area contributed by atoms with Crippen molar-refractivity contribution in [2.75, 3.05) is 13.2 Å². The van der Waals surface area contributed by atoms with Gasteiger partial charge in [-0.05, 0) is 44.9 Å². The maximum atomic E-state index is 12.8. The van der Waals surface area contributed by atoms with Crippen molar-refractivity contribution >= 4 is 17.9 Å². The van der Waals surface area contributed by atoms with Gasteiger partial charge in [-0.1, -0.05) is 335 Å². The topological polar surface area (TPSA) is 78.9 Å². The van der Waals surface area contributed by atoms with Gasteiger partial charge >= 0.3 is 17.9 Å². The molecule has 0 aromatic carbocycles. The highest BCUT2D eigenvalue weighted by Gasteiger charge is 2.19. The molecule has 0 rings (SSSR count). The van der Waals surface area contributed by atoms with Gasteiger partial charge in [0.1, 0.15) is 13.2 Å². The molecule has 438 valence electrons. The Morgan fingerprint density at radius 3 is 0.676 bits per heavy atom. The maximum absolute atomic E-state index is 12.8. The van der Waals surface area contributed by atoms with Crippen LogP contribution in [0, 0.1) is 0 Å². The quantitative estimate of drug-likeness (QED) is 0.0261. The monoisotopic (exact) mass is 1040 g/mol. The maximum Gasteiger partial charge on any atom is 0.306 e. The lowest BCUT2D eigenvalue weighted by atomic mass is 10.0. The molecule has 0 N–H and O–H groups in total. The van der Waals surface area contributed by atoms with Gasteiger partial charge in [0, 0.05) is 19.3 Å². The Hall–Kier alpha value is -1.85. The summed E-state index contributed by atoms with van der Waals surface area (Å²) >= 11 is 0. The van der Waals surface area contributed by atoms with E-state index in [-0.39, 0.29) is 31.1 Å². The fraction of sp³-hybridized carbons (Fsp3) is 0.926. The summed E-state index contributed by atoms with van der Waals surface area (Å²) < 4.78 is 16.9. The van der Waals surface area contributed by atoms with E-state index >= 15 is 0 Å². The Balaban J connectivity index is 4.00. The SMILES string of the molecule is CCCCCCC/C=C\CCCCCCCC(=O)OC(COC(=O)CCCCCCCCCCCC)COC(=O)CCCCCCCCCCCCCCCCCCCCCCCCCCCCCCCCCC. The van der Waals surface area contributed by atoms with Crippen molar-refractivity contribution in [2.24, 2.45) is 0 Å². The molecule has 0 saturated carbocycles. The summed E-state index contributed by atoms with van der Waals surface area (Å²) in [6.45, 7) is 6.68. The van der Waals surface area contributed by atoms with Crippen molar-refractivity contribution in [3.63, 3.8) is 0 Å². The second kappa shape index (κ2) is 63.7. The van der Waals surface area contributed by atoms with Crippen LogP contribution in [0.25, 0.3) is 0 Å². The molecule has 0 aliphatic heterocycles. The third kappa shape index (κ3) is 61.0. The van der Waals surface area contributed by atoms with Crippen LogP contribution in [-0.4, -0.2) is 37.2 Å². The minimum Gasteiger partial charge on any atom is -0.462 e. The third-order valence-electron chi connectivity index (χ3n) is 15.5. The molecule has 6 nitrogen and oxygen atoms in total. The first-order chi connectivity index (χ1) is 36.5. The highest BCUT2D eigenvalue weighted by molar-refractivity contribution is 5.71. The minimum atomic E-state index is -0.769. The lowest BCUT2D eigenvalue weighted by Crippen LogP contribution is -2.30. The zero-order valence-electron chi connectivity index (χ0n) is 50.4. The van der Waals surface area contributed by atoms with E-state index in [0.29, 0.717) is 19.3 Å². The molecule has 0 aromatic rings. The van der Waals surface area contributed by atoms with Crippen LogP contribution in [0.4, 0.5) is 0 Å². The van der Waals surface area contributed by atoms with Gasteiger partial charge < -0.3 is 14.2 Å². The Bertz CT molecular complexity index is 1150. The largest absolute Gasteiger partial charge is 0.462 e. The van der Waals surface area contributed by atoms with E-state index < -0.39 is 6.10 Å². The van der Waals surface area contributed by atoms with Crippen LogP contribution in [0.1, 0.15) is 387 Å². The molecule has 0 aliphatic carbocycles. The number of rotatable bonds is 63. The number of carbonyl (C=O) groups excluding carboxylic acids is 3. The molecule has 1 unspecified atom stereocenters. The lowest BCUT2D eigenvalue weighted by Gasteiger charge is -2.18. The standard InChI is InChI=1S/C68H130O6/c1-4-7-10-13-16-19-22-24-26-27-28-29-30-31-32-33-34-35-36-37-38-39-40-41-42-43-45-46-49-52-55-58-61-67(70)73-64-65(63-72-66(69)60-57-54-51-48-21-18-15-12-9-6-3)74-68(71)62-59-56-53-50-47-44-25-23-20-17-14-11-8-5-2/h23,25,65H,4-22,24,26-64H2,1-3H3/b25-23-. The van der Waals surface area contributed by atoms with Crippen molar-refractivity contribution in [3.8, 4) is 0 Å². The Labute approximate surface area is 462 Å². The van der Waals surface area contributed by atoms with Crippen LogP contribution in [0.3, 0.4) is 0 Å². The summed E-state index contributed by atoms with van der Waals surface area (Å²) in [4.78, 5) is 38.1. The van der Waals surface area contributed by atoms with Crippen LogP contribution in [-0.2, 0) is 28.6 Å². The summed E-state index contributed by atoms with van der Waals surface area (Å²) in [5.41, 5.74) is 0. The Morgan fingerprint density at radius 2 is 0.446 bits per heavy atom. The predicted molar refractivity (Wildman–Crippen MR) is 321 cm³/mol. The van der Waals surface area contributed by atoms with E-state index in [1.165, 1.54) is 283 Å². The van der Waals surface area contributed by atoms with Gasteiger partial charge in [0.25, 0.3) is 0 Å². The second-order valence-electron chi connectivity index (χ2n) is 23.1. The van der Waals surface area contributed by atoms with Crippen molar-refractivity contribution in [3.05, 3.63) is 12.2 Å². The number of carbonyl (C=O) groups is 3. The molecular weight excluding hydrogens is 913 g/mol. The molecule has 0 heterocycles. The number of unbranched alkanes of at least 4 members (excludes halogenated alkanes) is 50. The Morgan fingerprint density at radius 1 is 0.257 bits per heavy atom. The van der Waals surface area contributed by atoms with Gasteiger partial charge in [-0.3, -0.25) is 14.4 Å². The summed E-state index contributed by atoms with van der Waals surface area (Å²) in [5.74, 6) is -0.852. The number of ether oxygens (including phenoxy) is 3. The van der Waals surface area contributed by atoms with Gasteiger partial charge in [0.2, 0.25) is 0 Å². The van der Waals surface area contributed by atoms with Crippen LogP contribution in [0.15, 0.2) is 12.2 Å². The van der Waals surface area contributed by atoms with Gasteiger partial charge in [0.15, 0.2) is 6.10 Å². The smallest absolute Gasteiger partial charge is 0.306 e. The zero-order chi connectivity index (χ0) is 53.6. The number of hydrogen-bond donors (Lipinski definition) is 0. The molecular formula is C68H130O6. The highest BCUT2D eigenvalue weighted by atomic mass is 16.6. The van der Waals surface area contributed by atoms with Crippen LogP contribution >= 0.6 is 0 Å². The number of hydrogen-bond acceptors (Lipinski definition) is 6. The van der Waals surface area contributed by atoms with Gasteiger partial charge in [0.05, 0.1) is 0 Å². The highest BCUT2D eigenvalue weighted by Crippen LogP contribution is 2.19. The van der Waals surface area contributed by atoms with Crippen molar-refractivity contribution in [1.82, 2.24) is 0 Å². The molecule has 0 amide bonds. The van der Waals surface area contributed by atoms with E-state index in [4.69, 9.17) is 14.2 Å². The van der Waals surface area contributed by atoms with Crippen molar-refractivity contribution in [1.29, 1.82) is 0 Å². The summed E-state index contributed by atoms with van der Waals surface area (Å²) in [5, 5.41) is 0. The fourth-order valence-electron chi connectivity index (χ4n) is 10.4. The molecule has 6 heteroatoms. The predicted octanol–water partition coefficient (Wildman–Crippen LogP) is 22.8. The van der Waals surface area contributed by atoms with Crippen LogP contribution in [0.5, 0.6) is 0 Å². The molecule has 0 saturated heterocycles. The summed E-state index contributed by atoms with van der Waals surface area (Å²) in [6, 6.07) is 0. The third-order valence-corrected chi connectivity index (χ3v) is 15.5. The molecule has 0 aromatic heterocycles. The van der Waals surface area contributed by atoms with Crippen LogP contribution < -0.4 is 0 Å². The van der Waals surface area contributed by atoms with Gasteiger partial charge in [-0.25, -0.2) is 0 Å². The van der Waals surface area contributed by atoms with Crippen molar-refractivity contribution in [2.45, 2.75) is 393 Å². The summed E-state index contributed by atoms with van der Waals surface area (Å²) in [6.07, 6.45) is 75.5. The second-order valence-corrected chi connectivity index (χ2v) is 23.1. The van der Waals surface area contributed by atoms with E-state index in [1.54, 1.807) is 0 Å². The first-order valence-corrected chi connectivity index (χ1v) is 33.7. The molecule has 0 bridgehead atoms. The van der Waals surface area contributed by atoms with E-state index in [9.17, 15) is 14.4 Å². The number of allylic oxidation sites excluding steroid dienone is 2. The van der Waals surface area contributed by atoms with Crippen LogP contribution in [0.2, 0.25) is 0 Å². The summed E-state index contributed by atoms with van der Waals surface area (Å²) in [7, 11) is 0. The lowest BCUT2D eigenvalue weighted by molar-refractivity contribution is -0.167. The molecule has 0 fully saturated rings. The van der Waals surface area contributed by atoms with E-state index in [0.717, 1.165) is 64.2 Å². The normalized spacial score (nSPS) is 12.0. The zero-order valence-corrected chi connectivity index (χ0v) is 50.4. The number of esters is 3. The fourth-order valence-corrected chi connectivity index (χ4v) is 10.4. The van der Waals surface area contributed by atoms with E-state index in [2.05, 4.69) is 32.9 Å². The first kappa shape index (κ1) is 72.2. The average molecular weight is 1040 g/mol. The molecule has 74 heavy (non-hydrogen) atoms. The molecule has 0 radical (unpaired) electrons. The van der Waals surface area contributed by atoms with Gasteiger partial charge in [-0.15, -0.1) is 0 Å². The first-order valence-electron chi connectivity index (χ1n) is 33.7.